The van der Waals surface area contributed by atoms with Gasteiger partial charge in [0.25, 0.3) is 0 Å². The summed E-state index contributed by atoms with van der Waals surface area (Å²) in [6, 6.07) is 90.9. The summed E-state index contributed by atoms with van der Waals surface area (Å²) in [6.45, 7) is 0.0274. The Labute approximate surface area is 478 Å². The third-order valence-electron chi connectivity index (χ3n) is 18.3. The molecule has 386 valence electrons. The van der Waals surface area contributed by atoms with Gasteiger partial charge in [-0.3, -0.25) is 0 Å². The Morgan fingerprint density at radius 3 is 1.23 bits per heavy atom. The summed E-state index contributed by atoms with van der Waals surface area (Å²) in [5.74, 6) is 0. The minimum atomic E-state index is -0.0395. The minimum absolute atomic E-state index is 0.00202. The van der Waals surface area contributed by atoms with Crippen LogP contribution in [0.4, 0.5) is 73.9 Å². The molecule has 10 aromatic rings. The van der Waals surface area contributed by atoms with E-state index < -0.39 is 0 Å². The molecule has 0 bridgehead atoms. The second-order valence-electron chi connectivity index (χ2n) is 22.8. The molecule has 80 heavy (non-hydrogen) atoms. The van der Waals surface area contributed by atoms with Gasteiger partial charge in [0.05, 0.1) is 0 Å². The van der Waals surface area contributed by atoms with Crippen LogP contribution < -0.4 is 66.2 Å². The summed E-state index contributed by atoms with van der Waals surface area (Å²) in [5, 5.41) is 0. The number of anilines is 13. The van der Waals surface area contributed by atoms with Gasteiger partial charge in [-0.05, 0) is 0 Å². The molecular formula is C72H61B2N5Se. The van der Waals surface area contributed by atoms with Gasteiger partial charge in [-0.15, -0.1) is 0 Å². The molecule has 16 rings (SSSR count). The molecule has 2 saturated carbocycles. The third kappa shape index (κ3) is 7.81. The number of hydrogen-bond donors (Lipinski definition) is 0. The molecule has 0 N–H and O–H groups in total. The monoisotopic (exact) mass is 1100 g/mol. The van der Waals surface area contributed by atoms with Crippen molar-refractivity contribution in [3.05, 3.63) is 237 Å². The summed E-state index contributed by atoms with van der Waals surface area (Å²) >= 11 is 0.00202. The van der Waals surface area contributed by atoms with Crippen molar-refractivity contribution in [3.8, 4) is 0 Å². The van der Waals surface area contributed by atoms with Crippen LogP contribution in [-0.2, 0) is 0 Å². The van der Waals surface area contributed by atoms with Crippen molar-refractivity contribution in [2.75, 3.05) is 24.5 Å². The molecule has 0 spiro atoms. The fraction of sp³-hybridized carbons (Fsp3) is 0.167. The van der Waals surface area contributed by atoms with E-state index in [2.05, 4.69) is 261 Å². The quantitative estimate of drug-likeness (QED) is 0.134. The van der Waals surface area contributed by atoms with Crippen LogP contribution in [0.25, 0.3) is 0 Å². The SMILES string of the molecule is c1ccc(N(c2ccccc2)c2cc3c4c(c2)N(c2ccccc2)c2cc5c(cc2B4c2ccccc2N3c2ccccc2)B2c3ccccc3N(c3ccccc3)c3cc(N(C4CCCCC4)C4CCCCC4)cc(c32)[Se]5)cc1. The topological polar surface area (TPSA) is 16.2 Å². The molecule has 2 fully saturated rings. The fourth-order valence-corrected chi connectivity index (χ4v) is 17.5. The number of benzene rings is 10. The molecule has 0 atom stereocenters. The number of fused-ring (bicyclic) bond motifs is 8. The van der Waals surface area contributed by atoms with E-state index in [9.17, 15) is 0 Å². The molecule has 4 aliphatic heterocycles. The Balaban J connectivity index is 0.967. The van der Waals surface area contributed by atoms with Crippen molar-refractivity contribution >= 4 is 144 Å². The van der Waals surface area contributed by atoms with Gasteiger partial charge in [0.1, 0.15) is 0 Å². The van der Waals surface area contributed by atoms with Gasteiger partial charge in [0, 0.05) is 0 Å². The molecule has 0 saturated heterocycles. The van der Waals surface area contributed by atoms with E-state index in [4.69, 9.17) is 0 Å². The predicted octanol–water partition coefficient (Wildman–Crippen LogP) is 13.0. The molecule has 2 aliphatic carbocycles. The first-order chi connectivity index (χ1) is 39.7. The average molecular weight is 1100 g/mol. The van der Waals surface area contributed by atoms with E-state index in [1.165, 1.54) is 151 Å². The third-order valence-corrected chi connectivity index (χ3v) is 20.7. The molecule has 6 aliphatic rings. The standard InChI is InChI=1S/C72H61B2N5Se/c1-8-26-50(27-9-1)75(51-28-10-2-11-29-51)57-44-66-71-67(45-57)79(56-38-20-7-21-39-56)65-49-69-62(48-61(65)73(71)59-40-22-24-42-63(59)77(66)54-34-16-5-17-35-54)74-60-41-23-25-43-64(60)78(55-36-18-6-19-37-55)68-46-58(47-70(80-69)72(68)74)76(52-30-12-3-13-31-52)53-32-14-4-15-33-53/h1-2,5-11,16-29,34-49,52-53H,3-4,12-15,30-33H2. The first kappa shape index (κ1) is 47.8. The Bertz CT molecular complexity index is 3890. The Kier molecular flexibility index (Phi) is 11.9. The zero-order chi connectivity index (χ0) is 52.7. The Hall–Kier alpha value is -8.15. The van der Waals surface area contributed by atoms with Crippen LogP contribution in [0.1, 0.15) is 64.2 Å². The van der Waals surface area contributed by atoms with Gasteiger partial charge in [-0.1, -0.05) is 0 Å². The number of para-hydroxylation sites is 7. The summed E-state index contributed by atoms with van der Waals surface area (Å²) in [7, 11) is 0. The fourth-order valence-electron chi connectivity index (χ4n) is 15.0. The van der Waals surface area contributed by atoms with Crippen LogP contribution in [-0.4, -0.2) is 40.5 Å². The van der Waals surface area contributed by atoms with Crippen LogP contribution in [0.15, 0.2) is 237 Å². The maximum atomic E-state index is 2.99. The Morgan fingerprint density at radius 2 is 0.725 bits per heavy atom. The number of rotatable bonds is 9. The van der Waals surface area contributed by atoms with Crippen molar-refractivity contribution in [2.45, 2.75) is 76.3 Å². The van der Waals surface area contributed by atoms with Crippen LogP contribution in [0, 0.1) is 0 Å². The zero-order valence-corrected chi connectivity index (χ0v) is 46.8. The summed E-state index contributed by atoms with van der Waals surface area (Å²) < 4.78 is 3.01. The normalized spacial score (nSPS) is 16.0. The van der Waals surface area contributed by atoms with Crippen molar-refractivity contribution < 1.29 is 0 Å². The first-order valence-electron chi connectivity index (χ1n) is 29.4. The van der Waals surface area contributed by atoms with E-state index in [1.807, 2.05) is 0 Å². The molecular weight excluding hydrogens is 1040 g/mol. The summed E-state index contributed by atoms with van der Waals surface area (Å²) in [4.78, 5) is 13.2. The van der Waals surface area contributed by atoms with E-state index in [0.717, 1.165) is 28.4 Å². The summed E-state index contributed by atoms with van der Waals surface area (Å²) in [5.41, 5.74) is 24.2. The van der Waals surface area contributed by atoms with Crippen LogP contribution in [0.2, 0.25) is 0 Å². The molecule has 0 aromatic heterocycles. The number of nitrogens with zero attached hydrogens (tertiary/aromatic N) is 5. The molecule has 0 radical (unpaired) electrons. The molecule has 0 unspecified atom stereocenters. The zero-order valence-electron chi connectivity index (χ0n) is 45.0. The second kappa shape index (κ2) is 19.9. The molecule has 10 aromatic carbocycles. The van der Waals surface area contributed by atoms with Crippen LogP contribution in [0.5, 0.6) is 0 Å². The maximum absolute atomic E-state index is 2.99. The van der Waals surface area contributed by atoms with Crippen molar-refractivity contribution in [3.63, 3.8) is 0 Å². The molecule has 4 heterocycles. The summed E-state index contributed by atoms with van der Waals surface area (Å²) in [6.07, 6.45) is 13.2. The second-order valence-corrected chi connectivity index (χ2v) is 25.1. The van der Waals surface area contributed by atoms with Gasteiger partial charge < -0.3 is 0 Å². The Morgan fingerprint density at radius 1 is 0.312 bits per heavy atom. The van der Waals surface area contributed by atoms with Gasteiger partial charge >= 0.3 is 481 Å². The van der Waals surface area contributed by atoms with E-state index in [0.29, 0.717) is 12.1 Å². The van der Waals surface area contributed by atoms with Crippen LogP contribution >= 0.6 is 0 Å². The first-order valence-corrected chi connectivity index (χ1v) is 31.1. The molecule has 8 heteroatoms. The van der Waals surface area contributed by atoms with E-state index >= 15 is 0 Å². The van der Waals surface area contributed by atoms with Crippen molar-refractivity contribution in [1.29, 1.82) is 0 Å². The molecule has 0 amide bonds. The van der Waals surface area contributed by atoms with Gasteiger partial charge in [-0.2, -0.15) is 0 Å². The van der Waals surface area contributed by atoms with Crippen molar-refractivity contribution in [1.82, 2.24) is 0 Å². The predicted molar refractivity (Wildman–Crippen MR) is 342 cm³/mol. The number of hydrogen-bond acceptors (Lipinski definition) is 5. The molecule has 5 nitrogen and oxygen atoms in total. The van der Waals surface area contributed by atoms with Crippen LogP contribution in [0.3, 0.4) is 0 Å². The van der Waals surface area contributed by atoms with E-state index in [-0.39, 0.29) is 28.4 Å². The van der Waals surface area contributed by atoms with Gasteiger partial charge in [0.15, 0.2) is 0 Å². The van der Waals surface area contributed by atoms with Gasteiger partial charge in [0.2, 0.25) is 0 Å². The van der Waals surface area contributed by atoms with Crippen molar-refractivity contribution in [2.24, 2.45) is 0 Å². The average Bonchev–Trinajstić information content (AvgIpc) is 3.69. The van der Waals surface area contributed by atoms with Gasteiger partial charge in [-0.25, -0.2) is 0 Å². The van der Waals surface area contributed by atoms with E-state index in [1.54, 1.807) is 0 Å².